The molecule has 0 aromatic heterocycles. The topological polar surface area (TPSA) is 134 Å². The van der Waals surface area contributed by atoms with Crippen LogP contribution in [0.3, 0.4) is 0 Å². The smallest absolute Gasteiger partial charge is 0.407 e. The maximum atomic E-state index is 11.5. The monoisotopic (exact) mass is 325 g/mol. The van der Waals surface area contributed by atoms with E-state index in [1.807, 2.05) is 5.43 Å². The van der Waals surface area contributed by atoms with Crippen LogP contribution in [0.15, 0.2) is 24.3 Å². The number of alkyl carbamates (subject to hydrolysis) is 1. The number of rotatable bonds is 5. The lowest BCUT2D eigenvalue weighted by Crippen LogP contribution is -2.38. The average molecular weight is 325 g/mol. The molecule has 128 valence electrons. The maximum absolute atomic E-state index is 11.5. The van der Waals surface area contributed by atoms with Crippen LogP contribution in [0.5, 0.6) is 0 Å². The molecule has 2 atom stereocenters. The first-order chi connectivity index (χ1) is 10.6. The Bertz CT molecular complexity index is 539. The van der Waals surface area contributed by atoms with Crippen molar-refractivity contribution in [3.8, 4) is 0 Å². The molecule has 0 saturated carbocycles. The van der Waals surface area contributed by atoms with Crippen molar-refractivity contribution in [3.05, 3.63) is 35.4 Å². The summed E-state index contributed by atoms with van der Waals surface area (Å²) in [6, 6.07) is 5.92. The Morgan fingerprint density at radius 2 is 1.78 bits per heavy atom. The largest absolute Gasteiger partial charge is 0.444 e. The highest BCUT2D eigenvalue weighted by Crippen LogP contribution is 2.17. The molecular weight excluding hydrogens is 302 g/mol. The first-order valence-electron chi connectivity index (χ1n) is 7.08. The third-order valence-electron chi connectivity index (χ3n) is 2.86. The van der Waals surface area contributed by atoms with E-state index >= 15 is 0 Å². The van der Waals surface area contributed by atoms with E-state index in [9.17, 15) is 19.8 Å². The van der Waals surface area contributed by atoms with Gasteiger partial charge >= 0.3 is 6.09 Å². The average Bonchev–Trinajstić information content (AvgIpc) is 2.49. The summed E-state index contributed by atoms with van der Waals surface area (Å²) in [5.41, 5.74) is 2.07. The number of hydrogen-bond donors (Lipinski definition) is 5. The molecule has 0 heterocycles. The molecule has 0 fully saturated rings. The number of ether oxygens (including phenoxy) is 1. The molecule has 0 aliphatic heterocycles. The van der Waals surface area contributed by atoms with Gasteiger partial charge in [0.1, 0.15) is 17.8 Å². The second-order valence-corrected chi connectivity index (χ2v) is 5.99. The zero-order valence-electron chi connectivity index (χ0n) is 13.4. The van der Waals surface area contributed by atoms with E-state index in [1.165, 1.54) is 24.3 Å². The Balaban J connectivity index is 2.58. The molecule has 0 radical (unpaired) electrons. The number of nitrogens with two attached hydrogens (primary N) is 1. The molecule has 1 aromatic carbocycles. The van der Waals surface area contributed by atoms with E-state index in [1.54, 1.807) is 20.8 Å². The van der Waals surface area contributed by atoms with E-state index < -0.39 is 29.8 Å². The number of carbonyl (C=O) groups is 2. The van der Waals surface area contributed by atoms with Gasteiger partial charge in [0.25, 0.3) is 5.91 Å². The summed E-state index contributed by atoms with van der Waals surface area (Å²) in [6.07, 6.45) is -3.13. The molecule has 0 spiro atoms. The van der Waals surface area contributed by atoms with Crippen molar-refractivity contribution < 1.29 is 24.5 Å². The standard InChI is InChI=1S/C15H23N3O5/c1-15(2,3)23-14(22)17-8-11(19)12(20)9-4-6-10(7-5-9)13(21)18-16/h4-7,11-12,19-20H,8,16H2,1-3H3,(H,17,22)(H,18,21). The molecule has 8 nitrogen and oxygen atoms in total. The molecule has 8 heteroatoms. The summed E-state index contributed by atoms with van der Waals surface area (Å²) in [7, 11) is 0. The van der Waals surface area contributed by atoms with Crippen LogP contribution >= 0.6 is 0 Å². The number of hydrazine groups is 1. The van der Waals surface area contributed by atoms with Gasteiger partial charge in [0.05, 0.1) is 0 Å². The van der Waals surface area contributed by atoms with Crippen LogP contribution in [0.2, 0.25) is 0 Å². The Kier molecular flexibility index (Phi) is 6.49. The summed E-state index contributed by atoms with van der Waals surface area (Å²) >= 11 is 0. The molecule has 0 bridgehead atoms. The molecule has 0 aliphatic carbocycles. The normalized spacial score (nSPS) is 13.8. The van der Waals surface area contributed by atoms with Crippen molar-refractivity contribution in [1.29, 1.82) is 0 Å². The van der Waals surface area contributed by atoms with Crippen molar-refractivity contribution in [2.75, 3.05) is 6.54 Å². The second-order valence-electron chi connectivity index (χ2n) is 5.99. The molecule has 0 saturated heterocycles. The molecule has 1 aromatic rings. The van der Waals surface area contributed by atoms with E-state index in [4.69, 9.17) is 10.6 Å². The summed E-state index contributed by atoms with van der Waals surface area (Å²) in [5, 5.41) is 22.4. The SMILES string of the molecule is CC(C)(C)OC(=O)NCC(O)C(O)c1ccc(C(=O)NN)cc1. The van der Waals surface area contributed by atoms with Gasteiger partial charge in [-0.25, -0.2) is 10.6 Å². The number of benzene rings is 1. The van der Waals surface area contributed by atoms with Gasteiger partial charge < -0.3 is 20.3 Å². The summed E-state index contributed by atoms with van der Waals surface area (Å²) in [6.45, 7) is 4.98. The summed E-state index contributed by atoms with van der Waals surface area (Å²) in [5.74, 6) is 4.56. The van der Waals surface area contributed by atoms with Crippen molar-refractivity contribution >= 4 is 12.0 Å². The summed E-state index contributed by atoms with van der Waals surface area (Å²) < 4.78 is 5.03. The number of aliphatic hydroxyl groups excluding tert-OH is 2. The van der Waals surface area contributed by atoms with Gasteiger partial charge in [0, 0.05) is 12.1 Å². The minimum atomic E-state index is -1.23. The van der Waals surface area contributed by atoms with Crippen molar-refractivity contribution in [2.45, 2.75) is 38.6 Å². The van der Waals surface area contributed by atoms with Crippen LogP contribution in [-0.2, 0) is 4.74 Å². The van der Waals surface area contributed by atoms with Crippen molar-refractivity contribution in [1.82, 2.24) is 10.7 Å². The third-order valence-corrected chi connectivity index (χ3v) is 2.86. The number of aliphatic hydroxyl groups is 2. The predicted octanol–water partition coefficient (Wildman–Crippen LogP) is 0.209. The van der Waals surface area contributed by atoms with Crippen LogP contribution in [0.4, 0.5) is 4.79 Å². The van der Waals surface area contributed by atoms with E-state index in [0.29, 0.717) is 11.1 Å². The van der Waals surface area contributed by atoms with Gasteiger partial charge in [-0.1, -0.05) is 12.1 Å². The highest BCUT2D eigenvalue weighted by atomic mass is 16.6. The third kappa shape index (κ3) is 6.23. The van der Waals surface area contributed by atoms with Gasteiger partial charge in [-0.2, -0.15) is 0 Å². The Morgan fingerprint density at radius 1 is 1.22 bits per heavy atom. The number of nitrogen functional groups attached to an aromatic ring is 1. The fourth-order valence-corrected chi connectivity index (χ4v) is 1.75. The number of carbonyl (C=O) groups excluding carboxylic acids is 2. The molecular formula is C15H23N3O5. The van der Waals surface area contributed by atoms with E-state index in [-0.39, 0.29) is 6.54 Å². The Labute approximate surface area is 134 Å². The van der Waals surface area contributed by atoms with Gasteiger partial charge in [-0.3, -0.25) is 10.2 Å². The number of nitrogens with one attached hydrogen (secondary N) is 2. The Morgan fingerprint density at radius 3 is 2.26 bits per heavy atom. The van der Waals surface area contributed by atoms with Crippen LogP contribution in [0, 0.1) is 0 Å². The fourth-order valence-electron chi connectivity index (χ4n) is 1.75. The highest BCUT2D eigenvalue weighted by Gasteiger charge is 2.21. The van der Waals surface area contributed by atoms with Crippen molar-refractivity contribution in [2.24, 2.45) is 5.84 Å². The quantitative estimate of drug-likeness (QED) is 0.298. The van der Waals surface area contributed by atoms with Gasteiger partial charge in [-0.05, 0) is 38.5 Å². The Hall–Kier alpha value is -2.16. The van der Waals surface area contributed by atoms with Crippen LogP contribution in [0.25, 0.3) is 0 Å². The van der Waals surface area contributed by atoms with Crippen LogP contribution in [0.1, 0.15) is 42.8 Å². The summed E-state index contributed by atoms with van der Waals surface area (Å²) in [4.78, 5) is 22.8. The molecule has 23 heavy (non-hydrogen) atoms. The lowest BCUT2D eigenvalue weighted by atomic mass is 10.0. The van der Waals surface area contributed by atoms with Crippen molar-refractivity contribution in [3.63, 3.8) is 0 Å². The minimum Gasteiger partial charge on any atom is -0.444 e. The predicted molar refractivity (Wildman–Crippen MR) is 83.3 cm³/mol. The molecule has 2 amide bonds. The molecule has 2 unspecified atom stereocenters. The zero-order chi connectivity index (χ0) is 17.6. The highest BCUT2D eigenvalue weighted by molar-refractivity contribution is 5.93. The number of hydrogen-bond acceptors (Lipinski definition) is 6. The number of amides is 2. The first-order valence-corrected chi connectivity index (χ1v) is 7.08. The maximum Gasteiger partial charge on any atom is 0.407 e. The van der Waals surface area contributed by atoms with E-state index in [0.717, 1.165) is 0 Å². The fraction of sp³-hybridized carbons (Fsp3) is 0.467. The lowest BCUT2D eigenvalue weighted by molar-refractivity contribution is 0.0129. The minimum absolute atomic E-state index is 0.179. The van der Waals surface area contributed by atoms with Gasteiger partial charge in [0.15, 0.2) is 0 Å². The van der Waals surface area contributed by atoms with Crippen LogP contribution < -0.4 is 16.6 Å². The first kappa shape index (κ1) is 18.9. The van der Waals surface area contributed by atoms with Crippen LogP contribution in [-0.4, -0.2) is 40.5 Å². The molecule has 0 aliphatic rings. The molecule has 6 N–H and O–H groups in total. The van der Waals surface area contributed by atoms with E-state index in [2.05, 4.69) is 5.32 Å². The molecule has 1 rings (SSSR count). The second kappa shape index (κ2) is 7.91. The van der Waals surface area contributed by atoms with Gasteiger partial charge in [-0.15, -0.1) is 0 Å². The zero-order valence-corrected chi connectivity index (χ0v) is 13.4. The lowest BCUT2D eigenvalue weighted by Gasteiger charge is -2.22. The van der Waals surface area contributed by atoms with Gasteiger partial charge in [0.2, 0.25) is 0 Å².